The summed E-state index contributed by atoms with van der Waals surface area (Å²) >= 11 is 0. The van der Waals surface area contributed by atoms with Crippen molar-refractivity contribution in [1.82, 2.24) is 5.16 Å². The zero-order valence-electron chi connectivity index (χ0n) is 9.14. The number of aromatic nitrogens is 1. The summed E-state index contributed by atoms with van der Waals surface area (Å²) in [4.78, 5) is 4.10. The minimum Gasteiger partial charge on any atom is -0.507 e. The van der Waals surface area contributed by atoms with Gasteiger partial charge in [-0.15, -0.1) is 0 Å². The number of aryl methyl sites for hydroxylation is 2. The number of rotatable bonds is 2. The fraction of sp³-hybridized carbons (Fsp3) is 0.167. The van der Waals surface area contributed by atoms with Crippen LogP contribution < -0.4 is 0 Å². The van der Waals surface area contributed by atoms with Crippen molar-refractivity contribution in [3.63, 3.8) is 0 Å². The number of aliphatic imine (C=N–C) groups is 1. The second-order valence-electron chi connectivity index (χ2n) is 3.62. The third kappa shape index (κ3) is 2.28. The van der Waals surface area contributed by atoms with Crippen molar-refractivity contribution in [2.75, 3.05) is 0 Å². The fourth-order valence-electron chi connectivity index (χ4n) is 1.31. The Kier molecular flexibility index (Phi) is 2.72. The SMILES string of the molecule is Cc1ccc(C=Nc2cc(C)on2)c(O)c1. The third-order valence-electron chi connectivity index (χ3n) is 2.14. The average molecular weight is 216 g/mol. The Hall–Kier alpha value is -2.10. The van der Waals surface area contributed by atoms with Gasteiger partial charge < -0.3 is 9.63 Å². The van der Waals surface area contributed by atoms with Gasteiger partial charge in [-0.2, -0.15) is 0 Å². The van der Waals surface area contributed by atoms with Crippen LogP contribution in [-0.4, -0.2) is 16.5 Å². The molecular weight excluding hydrogens is 204 g/mol. The van der Waals surface area contributed by atoms with Crippen molar-refractivity contribution in [3.8, 4) is 5.75 Å². The number of phenols is 1. The Labute approximate surface area is 93.2 Å². The minimum absolute atomic E-state index is 0.212. The molecule has 0 spiro atoms. The molecule has 1 aromatic carbocycles. The molecule has 1 N–H and O–H groups in total. The number of benzene rings is 1. The number of hydrogen-bond acceptors (Lipinski definition) is 4. The van der Waals surface area contributed by atoms with Crippen LogP contribution in [0, 0.1) is 13.8 Å². The molecule has 1 aromatic heterocycles. The standard InChI is InChI=1S/C12H12N2O2/c1-8-3-4-10(11(15)5-8)7-13-12-6-9(2)16-14-12/h3-7,15H,1-2H3. The Bertz CT molecular complexity index is 530. The van der Waals surface area contributed by atoms with Gasteiger partial charge in [-0.25, -0.2) is 4.99 Å². The molecule has 16 heavy (non-hydrogen) atoms. The molecule has 0 saturated heterocycles. The molecule has 1 heterocycles. The predicted molar refractivity (Wildman–Crippen MR) is 61.3 cm³/mol. The van der Waals surface area contributed by atoms with Crippen LogP contribution in [0.4, 0.5) is 5.82 Å². The first-order valence-electron chi connectivity index (χ1n) is 4.92. The molecule has 0 aliphatic carbocycles. The van der Waals surface area contributed by atoms with Crippen LogP contribution in [0.25, 0.3) is 0 Å². The van der Waals surface area contributed by atoms with Crippen LogP contribution in [0.1, 0.15) is 16.9 Å². The Balaban J connectivity index is 2.23. The highest BCUT2D eigenvalue weighted by molar-refractivity contribution is 5.85. The van der Waals surface area contributed by atoms with Crippen LogP contribution in [0.15, 0.2) is 33.8 Å². The fourth-order valence-corrected chi connectivity index (χ4v) is 1.31. The Morgan fingerprint density at radius 1 is 1.31 bits per heavy atom. The van der Waals surface area contributed by atoms with Crippen molar-refractivity contribution in [2.24, 2.45) is 4.99 Å². The number of hydrogen-bond donors (Lipinski definition) is 1. The maximum atomic E-state index is 9.64. The van der Waals surface area contributed by atoms with E-state index in [0.717, 1.165) is 5.56 Å². The highest BCUT2D eigenvalue weighted by Gasteiger charge is 1.99. The molecule has 4 nitrogen and oxygen atoms in total. The molecule has 0 radical (unpaired) electrons. The summed E-state index contributed by atoms with van der Waals surface area (Å²) in [6.45, 7) is 3.72. The zero-order chi connectivity index (χ0) is 11.5. The molecule has 0 bridgehead atoms. The van der Waals surface area contributed by atoms with Gasteiger partial charge in [0, 0.05) is 17.8 Å². The molecule has 0 aliphatic heterocycles. The first-order chi connectivity index (χ1) is 7.65. The average Bonchev–Trinajstić information content (AvgIpc) is 2.63. The predicted octanol–water partition coefficient (Wildman–Crippen LogP) is 2.75. The number of aromatic hydroxyl groups is 1. The van der Waals surface area contributed by atoms with E-state index in [1.54, 1.807) is 31.3 Å². The van der Waals surface area contributed by atoms with E-state index in [2.05, 4.69) is 10.1 Å². The van der Waals surface area contributed by atoms with Gasteiger partial charge in [0.25, 0.3) is 0 Å². The molecule has 4 heteroatoms. The Morgan fingerprint density at radius 3 is 2.75 bits per heavy atom. The smallest absolute Gasteiger partial charge is 0.195 e. The van der Waals surface area contributed by atoms with E-state index in [1.165, 1.54) is 0 Å². The molecule has 82 valence electrons. The van der Waals surface area contributed by atoms with Crippen LogP contribution in [0.5, 0.6) is 5.75 Å². The van der Waals surface area contributed by atoms with Gasteiger partial charge in [0.05, 0.1) is 0 Å². The maximum Gasteiger partial charge on any atom is 0.195 e. The van der Waals surface area contributed by atoms with E-state index < -0.39 is 0 Å². The second-order valence-corrected chi connectivity index (χ2v) is 3.62. The highest BCUT2D eigenvalue weighted by Crippen LogP contribution is 2.18. The lowest BCUT2D eigenvalue weighted by Gasteiger charge is -1.98. The van der Waals surface area contributed by atoms with E-state index in [9.17, 15) is 5.11 Å². The molecule has 0 unspecified atom stereocenters. The molecule has 0 atom stereocenters. The van der Waals surface area contributed by atoms with Crippen molar-refractivity contribution < 1.29 is 9.63 Å². The van der Waals surface area contributed by atoms with Crippen LogP contribution in [0.3, 0.4) is 0 Å². The van der Waals surface area contributed by atoms with Crippen molar-refractivity contribution in [3.05, 3.63) is 41.2 Å². The van der Waals surface area contributed by atoms with Crippen molar-refractivity contribution >= 4 is 12.0 Å². The summed E-state index contributed by atoms with van der Waals surface area (Å²) in [5, 5.41) is 13.4. The first-order valence-corrected chi connectivity index (χ1v) is 4.92. The van der Waals surface area contributed by atoms with Crippen LogP contribution in [-0.2, 0) is 0 Å². The first kappa shape index (κ1) is 10.4. The molecular formula is C12H12N2O2. The summed E-state index contributed by atoms with van der Waals surface area (Å²) in [5.41, 5.74) is 1.66. The normalized spacial score (nSPS) is 11.1. The number of phenolic OH excluding ortho intramolecular Hbond substituents is 1. The van der Waals surface area contributed by atoms with E-state index in [4.69, 9.17) is 4.52 Å². The van der Waals surface area contributed by atoms with Crippen molar-refractivity contribution in [1.29, 1.82) is 0 Å². The lowest BCUT2D eigenvalue weighted by Crippen LogP contribution is -1.83. The van der Waals surface area contributed by atoms with Crippen LogP contribution >= 0.6 is 0 Å². The molecule has 0 aliphatic rings. The summed E-state index contributed by atoms with van der Waals surface area (Å²) in [6.07, 6.45) is 1.56. The minimum atomic E-state index is 0.212. The van der Waals surface area contributed by atoms with Gasteiger partial charge in [-0.1, -0.05) is 11.2 Å². The highest BCUT2D eigenvalue weighted by atomic mass is 16.5. The van der Waals surface area contributed by atoms with Gasteiger partial charge in [0.15, 0.2) is 5.82 Å². The van der Waals surface area contributed by atoms with E-state index in [-0.39, 0.29) is 5.75 Å². The quantitative estimate of drug-likeness (QED) is 0.785. The Morgan fingerprint density at radius 2 is 2.12 bits per heavy atom. The van der Waals surface area contributed by atoms with Crippen molar-refractivity contribution in [2.45, 2.75) is 13.8 Å². The van der Waals surface area contributed by atoms with Gasteiger partial charge in [-0.3, -0.25) is 0 Å². The van der Waals surface area contributed by atoms with Gasteiger partial charge in [0.2, 0.25) is 0 Å². The lowest BCUT2D eigenvalue weighted by atomic mass is 10.1. The lowest BCUT2D eigenvalue weighted by molar-refractivity contribution is 0.399. The zero-order valence-corrected chi connectivity index (χ0v) is 9.14. The summed E-state index contributed by atoms with van der Waals surface area (Å²) < 4.78 is 4.88. The molecule has 2 rings (SSSR count). The summed E-state index contributed by atoms with van der Waals surface area (Å²) in [7, 11) is 0. The monoisotopic (exact) mass is 216 g/mol. The third-order valence-corrected chi connectivity index (χ3v) is 2.14. The maximum absolute atomic E-state index is 9.64. The summed E-state index contributed by atoms with van der Waals surface area (Å²) in [6, 6.07) is 7.13. The largest absolute Gasteiger partial charge is 0.507 e. The topological polar surface area (TPSA) is 58.6 Å². The van der Waals surface area contributed by atoms with E-state index in [0.29, 0.717) is 17.1 Å². The molecule has 0 saturated carbocycles. The number of nitrogens with zero attached hydrogens (tertiary/aromatic N) is 2. The molecule has 0 amide bonds. The second kappa shape index (κ2) is 4.18. The molecule has 2 aromatic rings. The van der Waals surface area contributed by atoms with Crippen LogP contribution in [0.2, 0.25) is 0 Å². The van der Waals surface area contributed by atoms with Gasteiger partial charge in [0.1, 0.15) is 11.5 Å². The molecule has 0 fully saturated rings. The van der Waals surface area contributed by atoms with Gasteiger partial charge in [-0.05, 0) is 31.5 Å². The summed E-state index contributed by atoms with van der Waals surface area (Å²) in [5.74, 6) is 1.42. The van der Waals surface area contributed by atoms with E-state index >= 15 is 0 Å². The van der Waals surface area contributed by atoms with E-state index in [1.807, 2.05) is 13.0 Å². The van der Waals surface area contributed by atoms with Gasteiger partial charge >= 0.3 is 0 Å².